The van der Waals surface area contributed by atoms with E-state index in [-0.39, 0.29) is 5.84 Å². The third-order valence-corrected chi connectivity index (χ3v) is 2.64. The quantitative estimate of drug-likeness (QED) is 0.637. The van der Waals surface area contributed by atoms with Gasteiger partial charge in [0, 0.05) is 11.1 Å². The molecule has 0 radical (unpaired) electrons. The van der Waals surface area contributed by atoms with E-state index in [1.165, 1.54) is 0 Å². The molecule has 0 atom stereocenters. The third kappa shape index (κ3) is 3.87. The van der Waals surface area contributed by atoms with Crippen molar-refractivity contribution < 1.29 is 0 Å². The number of amidine groups is 2. The van der Waals surface area contributed by atoms with E-state index in [9.17, 15) is 0 Å². The Morgan fingerprint density at radius 1 is 0.850 bits per heavy atom. The van der Waals surface area contributed by atoms with Crippen molar-refractivity contribution in [2.45, 2.75) is 6.92 Å². The molecule has 0 fully saturated rings. The molecule has 3 nitrogen and oxygen atoms in total. The Kier molecular flexibility index (Phi) is 4.80. The standard InChI is InChI=1S/C16H14ClN3/c1-12(17)19-16(14-10-6-3-7-11-14)20-15(18)13-8-4-2-5-9-13/h2-11,18H,1H3/b18-15?,19-12+,20-16-. The minimum absolute atomic E-state index is 0.158. The van der Waals surface area contributed by atoms with Gasteiger partial charge >= 0.3 is 0 Å². The van der Waals surface area contributed by atoms with Crippen molar-refractivity contribution in [3.63, 3.8) is 0 Å². The van der Waals surface area contributed by atoms with Crippen LogP contribution >= 0.6 is 11.6 Å². The maximum atomic E-state index is 8.05. The molecule has 0 aromatic heterocycles. The summed E-state index contributed by atoms with van der Waals surface area (Å²) in [5.41, 5.74) is 1.57. The van der Waals surface area contributed by atoms with Gasteiger partial charge < -0.3 is 0 Å². The Morgan fingerprint density at radius 2 is 1.35 bits per heavy atom. The van der Waals surface area contributed by atoms with Gasteiger partial charge in [-0.25, -0.2) is 9.98 Å². The Bertz CT molecular complexity index is 642. The summed E-state index contributed by atoms with van der Waals surface area (Å²) >= 11 is 5.85. The average molecular weight is 284 g/mol. The van der Waals surface area contributed by atoms with Gasteiger partial charge in [0.2, 0.25) is 0 Å². The molecule has 0 aliphatic rings. The first-order chi connectivity index (χ1) is 9.66. The first-order valence-corrected chi connectivity index (χ1v) is 6.53. The number of hydrogen-bond donors (Lipinski definition) is 1. The van der Waals surface area contributed by atoms with Gasteiger partial charge in [0.05, 0.1) is 0 Å². The second-order valence-electron chi connectivity index (χ2n) is 4.12. The highest BCUT2D eigenvalue weighted by Gasteiger charge is 2.05. The number of benzene rings is 2. The van der Waals surface area contributed by atoms with Crippen LogP contribution in [0.2, 0.25) is 0 Å². The number of nitrogens with one attached hydrogen (secondary N) is 1. The zero-order valence-electron chi connectivity index (χ0n) is 11.0. The summed E-state index contributed by atoms with van der Waals surface area (Å²) < 4.78 is 0. The van der Waals surface area contributed by atoms with Gasteiger partial charge in [-0.2, -0.15) is 0 Å². The molecule has 0 amide bonds. The highest BCUT2D eigenvalue weighted by molar-refractivity contribution is 6.65. The molecular weight excluding hydrogens is 270 g/mol. The van der Waals surface area contributed by atoms with Gasteiger partial charge in [0.15, 0.2) is 11.7 Å². The van der Waals surface area contributed by atoms with E-state index in [1.807, 2.05) is 60.7 Å². The molecule has 0 bridgehead atoms. The average Bonchev–Trinajstić information content (AvgIpc) is 2.48. The molecule has 0 unspecified atom stereocenters. The number of halogens is 1. The molecule has 20 heavy (non-hydrogen) atoms. The van der Waals surface area contributed by atoms with Gasteiger partial charge in [0.1, 0.15) is 5.17 Å². The third-order valence-electron chi connectivity index (χ3n) is 2.56. The zero-order valence-corrected chi connectivity index (χ0v) is 11.8. The van der Waals surface area contributed by atoms with Crippen molar-refractivity contribution in [2.24, 2.45) is 9.98 Å². The summed E-state index contributed by atoms with van der Waals surface area (Å²) in [5.74, 6) is 0.595. The molecule has 1 N–H and O–H groups in total. The van der Waals surface area contributed by atoms with Crippen LogP contribution in [-0.4, -0.2) is 16.8 Å². The molecule has 4 heteroatoms. The molecule has 0 spiro atoms. The number of rotatable bonds is 2. The zero-order chi connectivity index (χ0) is 14.4. The molecule has 0 heterocycles. The highest BCUT2D eigenvalue weighted by Crippen LogP contribution is 2.07. The summed E-state index contributed by atoms with van der Waals surface area (Å²) in [5, 5.41) is 8.44. The second kappa shape index (κ2) is 6.78. The van der Waals surface area contributed by atoms with Crippen molar-refractivity contribution >= 4 is 28.4 Å². The fourth-order valence-corrected chi connectivity index (χ4v) is 1.73. The van der Waals surface area contributed by atoms with E-state index in [0.717, 1.165) is 11.1 Å². The SMILES string of the molecule is C/C(Cl)=N\C(=N/C(=N)c1ccccc1)c1ccccc1. The Balaban J connectivity index is 2.40. The van der Waals surface area contributed by atoms with Crippen LogP contribution in [0, 0.1) is 5.41 Å². The Morgan fingerprint density at radius 3 is 1.85 bits per heavy atom. The summed E-state index contributed by atoms with van der Waals surface area (Å²) in [6, 6.07) is 18.8. The lowest BCUT2D eigenvalue weighted by Crippen LogP contribution is -2.04. The normalized spacial score (nSPS) is 12.3. The lowest BCUT2D eigenvalue weighted by atomic mass is 10.2. The molecular formula is C16H14ClN3. The summed E-state index contributed by atoms with van der Waals surface area (Å²) in [6.07, 6.45) is 0. The summed E-state index contributed by atoms with van der Waals surface area (Å²) in [4.78, 5) is 8.49. The maximum absolute atomic E-state index is 8.05. The first kappa shape index (κ1) is 14.2. The van der Waals surface area contributed by atoms with Gasteiger partial charge in [-0.3, -0.25) is 5.41 Å². The monoisotopic (exact) mass is 283 g/mol. The molecule has 2 aromatic rings. The molecule has 2 aromatic carbocycles. The molecule has 0 saturated carbocycles. The number of aliphatic imine (C=N–C) groups is 2. The first-order valence-electron chi connectivity index (χ1n) is 6.15. The fourth-order valence-electron chi connectivity index (χ4n) is 1.65. The summed E-state index contributed by atoms with van der Waals surface area (Å²) in [7, 11) is 0. The van der Waals surface area contributed by atoms with Crippen LogP contribution in [0.1, 0.15) is 18.1 Å². The van der Waals surface area contributed by atoms with Gasteiger partial charge in [-0.05, 0) is 6.92 Å². The number of hydrogen-bond acceptors (Lipinski definition) is 1. The summed E-state index contributed by atoms with van der Waals surface area (Å²) in [6.45, 7) is 1.69. The van der Waals surface area contributed by atoms with Crippen molar-refractivity contribution in [3.05, 3.63) is 71.8 Å². The Hall–Kier alpha value is -2.26. The van der Waals surface area contributed by atoms with Crippen molar-refractivity contribution in [1.29, 1.82) is 5.41 Å². The van der Waals surface area contributed by atoms with E-state index in [2.05, 4.69) is 9.98 Å². The smallest absolute Gasteiger partial charge is 0.162 e. The predicted octanol–water partition coefficient (Wildman–Crippen LogP) is 4.12. The lowest BCUT2D eigenvalue weighted by Gasteiger charge is -2.03. The van der Waals surface area contributed by atoms with Crippen LogP contribution in [-0.2, 0) is 0 Å². The molecule has 100 valence electrons. The molecule has 2 rings (SSSR count). The second-order valence-corrected chi connectivity index (χ2v) is 4.67. The van der Waals surface area contributed by atoms with Crippen LogP contribution in [0.25, 0.3) is 0 Å². The van der Waals surface area contributed by atoms with Gasteiger partial charge in [-0.1, -0.05) is 72.3 Å². The predicted molar refractivity (Wildman–Crippen MR) is 85.2 cm³/mol. The number of nitrogens with zero attached hydrogens (tertiary/aromatic N) is 2. The van der Waals surface area contributed by atoms with Gasteiger partial charge in [0.25, 0.3) is 0 Å². The lowest BCUT2D eigenvalue weighted by molar-refractivity contribution is 1.39. The van der Waals surface area contributed by atoms with E-state index < -0.39 is 0 Å². The Labute approximate surface area is 123 Å². The van der Waals surface area contributed by atoms with Gasteiger partial charge in [-0.15, -0.1) is 0 Å². The maximum Gasteiger partial charge on any atom is 0.162 e. The van der Waals surface area contributed by atoms with Crippen molar-refractivity contribution in [3.8, 4) is 0 Å². The van der Waals surface area contributed by atoms with Crippen LogP contribution in [0.4, 0.5) is 0 Å². The van der Waals surface area contributed by atoms with Crippen molar-refractivity contribution in [1.82, 2.24) is 0 Å². The largest absolute Gasteiger partial charge is 0.282 e. The molecule has 0 aliphatic carbocycles. The van der Waals surface area contributed by atoms with E-state index in [0.29, 0.717) is 11.0 Å². The fraction of sp³-hybridized carbons (Fsp3) is 0.0625. The highest BCUT2D eigenvalue weighted by atomic mass is 35.5. The van der Waals surface area contributed by atoms with E-state index >= 15 is 0 Å². The van der Waals surface area contributed by atoms with Crippen molar-refractivity contribution in [2.75, 3.05) is 0 Å². The van der Waals surface area contributed by atoms with Crippen LogP contribution < -0.4 is 0 Å². The van der Waals surface area contributed by atoms with E-state index in [4.69, 9.17) is 17.0 Å². The van der Waals surface area contributed by atoms with Crippen LogP contribution in [0.15, 0.2) is 70.6 Å². The minimum atomic E-state index is 0.158. The molecule has 0 saturated heterocycles. The van der Waals surface area contributed by atoms with Crippen LogP contribution in [0.5, 0.6) is 0 Å². The molecule has 0 aliphatic heterocycles. The van der Waals surface area contributed by atoms with E-state index in [1.54, 1.807) is 6.92 Å². The topological polar surface area (TPSA) is 48.6 Å². The minimum Gasteiger partial charge on any atom is -0.282 e. The van der Waals surface area contributed by atoms with Crippen LogP contribution in [0.3, 0.4) is 0 Å².